The van der Waals surface area contributed by atoms with Crippen molar-refractivity contribution in [2.75, 3.05) is 18.5 Å². The molecule has 3 heteroatoms. The van der Waals surface area contributed by atoms with E-state index in [0.717, 1.165) is 12.2 Å². The van der Waals surface area contributed by atoms with Crippen LogP contribution in [0.1, 0.15) is 23.2 Å². The fraction of sp³-hybridized carbons (Fsp3) is 0.308. The van der Waals surface area contributed by atoms with E-state index in [1.165, 1.54) is 0 Å². The van der Waals surface area contributed by atoms with Crippen molar-refractivity contribution in [3.63, 3.8) is 0 Å². The number of ketones is 1. The standard InChI is InChI=1S/C13H13NO2/c1-2-3-7-12(15)10-5-4-6-11-13(10)16-9-8-14-11/h1,4-6,14H,3,7-9H2. The Morgan fingerprint density at radius 1 is 1.56 bits per heavy atom. The third kappa shape index (κ3) is 2.01. The number of hydrogen-bond donors (Lipinski definition) is 1. The van der Waals surface area contributed by atoms with Gasteiger partial charge in [-0.1, -0.05) is 6.07 Å². The summed E-state index contributed by atoms with van der Waals surface area (Å²) in [6, 6.07) is 5.54. The van der Waals surface area contributed by atoms with Crippen molar-refractivity contribution in [2.24, 2.45) is 0 Å². The van der Waals surface area contributed by atoms with Gasteiger partial charge in [0.2, 0.25) is 0 Å². The Hall–Kier alpha value is -1.95. The Balaban J connectivity index is 2.27. The summed E-state index contributed by atoms with van der Waals surface area (Å²) in [5.74, 6) is 3.17. The molecule has 0 atom stereocenters. The first-order valence-corrected chi connectivity index (χ1v) is 5.29. The Kier molecular flexibility index (Phi) is 3.11. The number of carbonyl (C=O) groups is 1. The highest BCUT2D eigenvalue weighted by Gasteiger charge is 2.18. The summed E-state index contributed by atoms with van der Waals surface area (Å²) in [4.78, 5) is 11.9. The largest absolute Gasteiger partial charge is 0.489 e. The monoisotopic (exact) mass is 215 g/mol. The van der Waals surface area contributed by atoms with Crippen LogP contribution >= 0.6 is 0 Å². The topological polar surface area (TPSA) is 38.3 Å². The molecule has 0 saturated heterocycles. The summed E-state index contributed by atoms with van der Waals surface area (Å²) in [5, 5.41) is 3.20. The average Bonchev–Trinajstić information content (AvgIpc) is 2.35. The van der Waals surface area contributed by atoms with E-state index in [4.69, 9.17) is 11.2 Å². The minimum atomic E-state index is 0.0403. The average molecular weight is 215 g/mol. The number of Topliss-reactive ketones (excluding diaryl/α,β-unsaturated/α-hetero) is 1. The lowest BCUT2D eigenvalue weighted by Gasteiger charge is -2.21. The van der Waals surface area contributed by atoms with E-state index < -0.39 is 0 Å². The lowest BCUT2D eigenvalue weighted by Crippen LogP contribution is -2.20. The van der Waals surface area contributed by atoms with Crippen molar-refractivity contribution in [3.8, 4) is 18.1 Å². The van der Waals surface area contributed by atoms with Crippen molar-refractivity contribution in [1.29, 1.82) is 0 Å². The van der Waals surface area contributed by atoms with E-state index in [9.17, 15) is 4.79 Å². The zero-order valence-corrected chi connectivity index (χ0v) is 8.95. The molecule has 1 aliphatic rings. The van der Waals surface area contributed by atoms with Gasteiger partial charge in [0.05, 0.1) is 11.3 Å². The lowest BCUT2D eigenvalue weighted by molar-refractivity contribution is 0.0980. The van der Waals surface area contributed by atoms with Crippen LogP contribution in [0.25, 0.3) is 0 Å². The molecule has 0 aliphatic carbocycles. The third-order valence-corrected chi connectivity index (χ3v) is 2.48. The maximum atomic E-state index is 11.9. The molecule has 82 valence electrons. The van der Waals surface area contributed by atoms with Gasteiger partial charge in [-0.25, -0.2) is 0 Å². The summed E-state index contributed by atoms with van der Waals surface area (Å²) in [6.07, 6.45) is 5.99. The van der Waals surface area contributed by atoms with Gasteiger partial charge in [-0.3, -0.25) is 4.79 Å². The van der Waals surface area contributed by atoms with Crippen LogP contribution < -0.4 is 10.1 Å². The number of terminal acetylenes is 1. The number of fused-ring (bicyclic) bond motifs is 1. The smallest absolute Gasteiger partial charge is 0.167 e. The molecule has 0 fully saturated rings. The van der Waals surface area contributed by atoms with Gasteiger partial charge in [-0.15, -0.1) is 12.3 Å². The Labute approximate surface area is 94.8 Å². The van der Waals surface area contributed by atoms with Crippen LogP contribution in [0.5, 0.6) is 5.75 Å². The minimum Gasteiger partial charge on any atom is -0.489 e. The summed E-state index contributed by atoms with van der Waals surface area (Å²) in [6.45, 7) is 1.36. The Bertz CT molecular complexity index is 446. The molecule has 0 spiro atoms. The minimum absolute atomic E-state index is 0.0403. The molecule has 1 N–H and O–H groups in total. The molecule has 16 heavy (non-hydrogen) atoms. The fourth-order valence-electron chi connectivity index (χ4n) is 1.71. The molecule has 2 rings (SSSR count). The highest BCUT2D eigenvalue weighted by atomic mass is 16.5. The van der Waals surface area contributed by atoms with Gasteiger partial charge < -0.3 is 10.1 Å². The third-order valence-electron chi connectivity index (χ3n) is 2.48. The van der Waals surface area contributed by atoms with Gasteiger partial charge >= 0.3 is 0 Å². The van der Waals surface area contributed by atoms with E-state index in [1.807, 2.05) is 12.1 Å². The van der Waals surface area contributed by atoms with Crippen LogP contribution in [0.3, 0.4) is 0 Å². The highest BCUT2D eigenvalue weighted by Crippen LogP contribution is 2.31. The van der Waals surface area contributed by atoms with Crippen LogP contribution in [0.15, 0.2) is 18.2 Å². The van der Waals surface area contributed by atoms with Crippen LogP contribution in [-0.4, -0.2) is 18.9 Å². The van der Waals surface area contributed by atoms with Crippen molar-refractivity contribution in [1.82, 2.24) is 0 Å². The molecule has 1 aromatic carbocycles. The lowest BCUT2D eigenvalue weighted by atomic mass is 10.0. The van der Waals surface area contributed by atoms with Crippen molar-refractivity contribution in [3.05, 3.63) is 23.8 Å². The summed E-state index contributed by atoms with van der Waals surface area (Å²) in [7, 11) is 0. The molecule has 3 nitrogen and oxygen atoms in total. The maximum Gasteiger partial charge on any atom is 0.167 e. The zero-order valence-electron chi connectivity index (χ0n) is 8.95. The first-order chi connectivity index (χ1) is 7.83. The SMILES string of the molecule is C#CCCC(=O)c1cccc2c1OCCN2. The summed E-state index contributed by atoms with van der Waals surface area (Å²) in [5.41, 5.74) is 1.51. The van der Waals surface area contributed by atoms with Crippen LogP contribution in [0.2, 0.25) is 0 Å². The maximum absolute atomic E-state index is 11.9. The number of carbonyl (C=O) groups excluding carboxylic acids is 1. The fourth-order valence-corrected chi connectivity index (χ4v) is 1.71. The second-order valence-corrected chi connectivity index (χ2v) is 3.58. The van der Waals surface area contributed by atoms with Crippen LogP contribution in [0, 0.1) is 12.3 Å². The number of anilines is 1. The van der Waals surface area contributed by atoms with Crippen molar-refractivity contribution >= 4 is 11.5 Å². The molecule has 1 aliphatic heterocycles. The van der Waals surface area contributed by atoms with E-state index in [1.54, 1.807) is 6.07 Å². The number of benzene rings is 1. The number of ether oxygens (including phenoxy) is 1. The molecule has 0 bridgehead atoms. The summed E-state index contributed by atoms with van der Waals surface area (Å²) < 4.78 is 5.52. The van der Waals surface area contributed by atoms with Crippen LogP contribution in [0.4, 0.5) is 5.69 Å². The number of rotatable bonds is 3. The molecule has 1 heterocycles. The highest BCUT2D eigenvalue weighted by molar-refractivity contribution is 6.00. The van der Waals surface area contributed by atoms with Gasteiger partial charge in [0.25, 0.3) is 0 Å². The van der Waals surface area contributed by atoms with E-state index in [0.29, 0.717) is 30.8 Å². The van der Waals surface area contributed by atoms with Crippen molar-refractivity contribution < 1.29 is 9.53 Å². The van der Waals surface area contributed by atoms with E-state index in [-0.39, 0.29) is 5.78 Å². The molecule has 0 unspecified atom stereocenters. The first-order valence-electron chi connectivity index (χ1n) is 5.29. The predicted molar refractivity (Wildman–Crippen MR) is 62.8 cm³/mol. The van der Waals surface area contributed by atoms with Gasteiger partial charge in [-0.2, -0.15) is 0 Å². The molecule has 1 aromatic rings. The second kappa shape index (κ2) is 4.71. The normalized spacial score (nSPS) is 12.9. The van der Waals surface area contributed by atoms with Gasteiger partial charge in [0.1, 0.15) is 6.61 Å². The van der Waals surface area contributed by atoms with Crippen molar-refractivity contribution in [2.45, 2.75) is 12.8 Å². The molecular weight excluding hydrogens is 202 g/mol. The first kappa shape index (κ1) is 10.6. The quantitative estimate of drug-likeness (QED) is 0.619. The molecule has 0 saturated carbocycles. The number of nitrogens with one attached hydrogen (secondary N) is 1. The van der Waals surface area contributed by atoms with E-state index in [2.05, 4.69) is 11.2 Å². The zero-order chi connectivity index (χ0) is 11.4. The molecule has 0 radical (unpaired) electrons. The Morgan fingerprint density at radius 3 is 3.25 bits per heavy atom. The van der Waals surface area contributed by atoms with Gasteiger partial charge in [0.15, 0.2) is 11.5 Å². The number of hydrogen-bond acceptors (Lipinski definition) is 3. The second-order valence-electron chi connectivity index (χ2n) is 3.58. The van der Waals surface area contributed by atoms with Gasteiger partial charge in [-0.05, 0) is 12.1 Å². The van der Waals surface area contributed by atoms with Crippen LogP contribution in [-0.2, 0) is 0 Å². The number of para-hydroxylation sites is 1. The molecular formula is C13H13NO2. The molecule has 0 aromatic heterocycles. The van der Waals surface area contributed by atoms with E-state index >= 15 is 0 Å². The van der Waals surface area contributed by atoms with Gasteiger partial charge in [0, 0.05) is 19.4 Å². The predicted octanol–water partition coefficient (Wildman–Crippen LogP) is 2.09. The Morgan fingerprint density at radius 2 is 2.44 bits per heavy atom. The molecule has 0 amide bonds. The summed E-state index contributed by atoms with van der Waals surface area (Å²) >= 11 is 0.